The van der Waals surface area contributed by atoms with Gasteiger partial charge >= 0.3 is 0 Å². The van der Waals surface area contributed by atoms with E-state index in [0.717, 1.165) is 0 Å². The molecule has 92 valence electrons. The maximum absolute atomic E-state index is 5.16. The van der Waals surface area contributed by atoms with Crippen LogP contribution in [0.25, 0.3) is 16.8 Å². The van der Waals surface area contributed by atoms with Gasteiger partial charge in [-0.25, -0.2) is 0 Å². The summed E-state index contributed by atoms with van der Waals surface area (Å²) in [5.74, 6) is -0.142. The highest BCUT2D eigenvalue weighted by molar-refractivity contribution is 6.44. The molecule has 0 saturated heterocycles. The van der Waals surface area contributed by atoms with Crippen molar-refractivity contribution in [1.82, 2.24) is 0 Å². The van der Waals surface area contributed by atoms with E-state index in [2.05, 4.69) is 54.2 Å². The third-order valence-corrected chi connectivity index (χ3v) is 3.85. The van der Waals surface area contributed by atoms with E-state index in [-0.39, 0.29) is 5.91 Å². The van der Waals surface area contributed by atoms with Crippen LogP contribution in [0.1, 0.15) is 5.56 Å². The first-order valence-corrected chi connectivity index (χ1v) is 6.96. The van der Waals surface area contributed by atoms with E-state index in [0.29, 0.717) is 9.52 Å². The fourth-order valence-corrected chi connectivity index (χ4v) is 2.55. The standard InChI is InChI=1S/C15H16O2Si/c1-16-15(17-2)18-11-10-13-8-5-7-12-6-3-4-9-14(12)13/h3-11,15H,1-2H3. The van der Waals surface area contributed by atoms with Crippen LogP contribution in [0.5, 0.6) is 0 Å². The molecule has 0 aliphatic carbocycles. The van der Waals surface area contributed by atoms with Gasteiger partial charge in [-0.05, 0) is 16.3 Å². The van der Waals surface area contributed by atoms with Crippen LogP contribution in [0.3, 0.4) is 0 Å². The van der Waals surface area contributed by atoms with Crippen molar-refractivity contribution in [2.45, 2.75) is 5.91 Å². The molecule has 0 heterocycles. The van der Waals surface area contributed by atoms with Gasteiger partial charge < -0.3 is 9.47 Å². The smallest absolute Gasteiger partial charge is 0.147 e. The van der Waals surface area contributed by atoms with Crippen molar-refractivity contribution in [2.75, 3.05) is 14.2 Å². The second-order valence-corrected chi connectivity index (χ2v) is 5.01. The molecule has 2 rings (SSSR count). The van der Waals surface area contributed by atoms with Crippen molar-refractivity contribution in [3.63, 3.8) is 0 Å². The van der Waals surface area contributed by atoms with Crippen LogP contribution in [-0.4, -0.2) is 29.7 Å². The van der Waals surface area contributed by atoms with Crippen molar-refractivity contribution < 1.29 is 9.47 Å². The zero-order chi connectivity index (χ0) is 12.8. The van der Waals surface area contributed by atoms with Gasteiger partial charge in [0.25, 0.3) is 0 Å². The molecule has 0 bridgehead atoms. The number of methoxy groups -OCH3 is 2. The van der Waals surface area contributed by atoms with Crippen molar-refractivity contribution in [2.24, 2.45) is 0 Å². The lowest BCUT2D eigenvalue weighted by Gasteiger charge is -2.09. The van der Waals surface area contributed by atoms with Crippen LogP contribution in [0.2, 0.25) is 0 Å². The highest BCUT2D eigenvalue weighted by Gasteiger charge is 2.02. The van der Waals surface area contributed by atoms with Gasteiger partial charge in [-0.3, -0.25) is 0 Å². The maximum Gasteiger partial charge on any atom is 0.147 e. The normalized spacial score (nSPS) is 11.7. The number of benzene rings is 2. The average Bonchev–Trinajstić information content (AvgIpc) is 2.44. The Bertz CT molecular complexity index is 528. The summed E-state index contributed by atoms with van der Waals surface area (Å²) < 4.78 is 10.3. The van der Waals surface area contributed by atoms with Crippen molar-refractivity contribution in [1.29, 1.82) is 0 Å². The Kier molecular flexibility index (Phi) is 4.70. The Morgan fingerprint density at radius 1 is 1.00 bits per heavy atom. The van der Waals surface area contributed by atoms with E-state index in [1.54, 1.807) is 14.2 Å². The fourth-order valence-electron chi connectivity index (χ4n) is 1.84. The molecule has 2 aromatic rings. The highest BCUT2D eigenvalue weighted by atomic mass is 28.2. The minimum Gasteiger partial charge on any atom is -0.360 e. The van der Waals surface area contributed by atoms with Gasteiger partial charge in [-0.15, -0.1) is 0 Å². The minimum atomic E-state index is -0.142. The molecule has 18 heavy (non-hydrogen) atoms. The summed E-state index contributed by atoms with van der Waals surface area (Å²) in [7, 11) is 3.81. The average molecular weight is 256 g/mol. The van der Waals surface area contributed by atoms with E-state index in [9.17, 15) is 0 Å². The van der Waals surface area contributed by atoms with E-state index in [4.69, 9.17) is 9.47 Å². The lowest BCUT2D eigenvalue weighted by atomic mass is 10.1. The Labute approximate surface area is 110 Å². The predicted molar refractivity (Wildman–Crippen MR) is 76.5 cm³/mol. The molecular weight excluding hydrogens is 240 g/mol. The molecule has 2 aromatic carbocycles. The van der Waals surface area contributed by atoms with Gasteiger partial charge in [-0.1, -0.05) is 54.2 Å². The molecule has 0 amide bonds. The Balaban J connectivity index is 2.19. The fraction of sp³-hybridized carbons (Fsp3) is 0.200. The number of hydrogen-bond donors (Lipinski definition) is 0. The molecular formula is C15H16O2Si. The molecule has 0 fully saturated rings. The maximum atomic E-state index is 5.16. The minimum absolute atomic E-state index is 0.142. The molecule has 0 aliphatic rings. The zero-order valence-corrected chi connectivity index (χ0v) is 11.6. The molecule has 0 aromatic heterocycles. The second kappa shape index (κ2) is 6.49. The van der Waals surface area contributed by atoms with Crippen molar-refractivity contribution >= 4 is 26.4 Å². The molecule has 0 spiro atoms. The van der Waals surface area contributed by atoms with Crippen LogP contribution in [0.15, 0.2) is 48.2 Å². The number of ether oxygens (including phenoxy) is 2. The summed E-state index contributed by atoms with van der Waals surface area (Å²) in [5.41, 5.74) is 3.34. The van der Waals surface area contributed by atoms with E-state index in [1.165, 1.54) is 16.3 Å². The molecule has 0 aliphatic heterocycles. The molecule has 0 saturated carbocycles. The molecule has 0 N–H and O–H groups in total. The van der Waals surface area contributed by atoms with E-state index in [1.807, 2.05) is 0 Å². The summed E-state index contributed by atoms with van der Waals surface area (Å²) in [6, 6.07) is 14.7. The van der Waals surface area contributed by atoms with Gasteiger partial charge in [-0.2, -0.15) is 0 Å². The van der Waals surface area contributed by atoms with E-state index < -0.39 is 0 Å². The first kappa shape index (κ1) is 13.0. The van der Waals surface area contributed by atoms with Crippen LogP contribution in [0, 0.1) is 0 Å². The third-order valence-electron chi connectivity index (χ3n) is 2.75. The van der Waals surface area contributed by atoms with Gasteiger partial charge in [0, 0.05) is 14.2 Å². The SMILES string of the molecule is COC(OC)[Si]C=Cc1cccc2ccccc12. The zero-order valence-electron chi connectivity index (χ0n) is 10.6. The number of fused-ring (bicyclic) bond motifs is 1. The summed E-state index contributed by atoms with van der Waals surface area (Å²) in [6.07, 6.45) is 2.13. The lowest BCUT2D eigenvalue weighted by Crippen LogP contribution is -2.19. The van der Waals surface area contributed by atoms with Crippen molar-refractivity contribution in [3.8, 4) is 0 Å². The van der Waals surface area contributed by atoms with Crippen LogP contribution in [-0.2, 0) is 9.47 Å². The Morgan fingerprint density at radius 2 is 1.72 bits per heavy atom. The Morgan fingerprint density at radius 3 is 2.50 bits per heavy atom. The monoisotopic (exact) mass is 256 g/mol. The number of rotatable bonds is 5. The molecule has 2 nitrogen and oxygen atoms in total. The summed E-state index contributed by atoms with van der Waals surface area (Å²) in [5, 5.41) is 2.53. The predicted octanol–water partition coefficient (Wildman–Crippen LogP) is 3.09. The first-order chi connectivity index (χ1) is 8.85. The van der Waals surface area contributed by atoms with Crippen LogP contribution in [0.4, 0.5) is 0 Å². The van der Waals surface area contributed by atoms with Crippen molar-refractivity contribution in [3.05, 3.63) is 53.7 Å². The lowest BCUT2D eigenvalue weighted by molar-refractivity contribution is -0.0430. The first-order valence-electron chi connectivity index (χ1n) is 5.81. The third kappa shape index (κ3) is 3.07. The van der Waals surface area contributed by atoms with Crippen LogP contribution >= 0.6 is 0 Å². The topological polar surface area (TPSA) is 18.5 Å². The van der Waals surface area contributed by atoms with Gasteiger partial charge in [0.1, 0.15) is 15.4 Å². The summed E-state index contributed by atoms with van der Waals surface area (Å²) >= 11 is 0. The van der Waals surface area contributed by atoms with Gasteiger partial charge in [0.2, 0.25) is 0 Å². The number of hydrogen-bond acceptors (Lipinski definition) is 2. The summed E-state index contributed by atoms with van der Waals surface area (Å²) in [6.45, 7) is 0. The van der Waals surface area contributed by atoms with Gasteiger partial charge in [0.05, 0.1) is 0 Å². The highest BCUT2D eigenvalue weighted by Crippen LogP contribution is 2.19. The van der Waals surface area contributed by atoms with Gasteiger partial charge in [0.15, 0.2) is 0 Å². The van der Waals surface area contributed by atoms with Crippen LogP contribution < -0.4 is 0 Å². The Hall–Kier alpha value is -1.42. The second-order valence-electron chi connectivity index (χ2n) is 3.87. The molecule has 0 atom stereocenters. The molecule has 0 unspecified atom stereocenters. The summed E-state index contributed by atoms with van der Waals surface area (Å²) in [4.78, 5) is 0. The molecule has 3 heteroatoms. The largest absolute Gasteiger partial charge is 0.360 e. The van der Waals surface area contributed by atoms with E-state index >= 15 is 0 Å². The molecule has 2 radical (unpaired) electrons. The quantitative estimate of drug-likeness (QED) is 0.604.